The fourth-order valence-corrected chi connectivity index (χ4v) is 2.15. The lowest BCUT2D eigenvalue weighted by Crippen LogP contribution is -2.22. The van der Waals surface area contributed by atoms with Gasteiger partial charge in [-0.25, -0.2) is 0 Å². The van der Waals surface area contributed by atoms with Crippen molar-refractivity contribution in [2.24, 2.45) is 7.05 Å². The zero-order chi connectivity index (χ0) is 17.1. The van der Waals surface area contributed by atoms with Gasteiger partial charge < -0.3 is 10.6 Å². The first-order valence-electron chi connectivity index (χ1n) is 7.15. The summed E-state index contributed by atoms with van der Waals surface area (Å²) >= 11 is 0. The van der Waals surface area contributed by atoms with Gasteiger partial charge >= 0.3 is 0 Å². The van der Waals surface area contributed by atoms with E-state index < -0.39 is 5.91 Å². The zero-order valence-corrected chi connectivity index (χ0v) is 13.2. The van der Waals surface area contributed by atoms with Crippen LogP contribution in [0.2, 0.25) is 0 Å². The third kappa shape index (κ3) is 3.16. The van der Waals surface area contributed by atoms with Gasteiger partial charge in [-0.1, -0.05) is 0 Å². The number of hydrogen-bond donors (Lipinski definition) is 2. The highest BCUT2D eigenvalue weighted by Gasteiger charge is 2.18. The lowest BCUT2D eigenvalue weighted by Gasteiger charge is -2.03. The fourth-order valence-electron chi connectivity index (χ4n) is 2.15. The van der Waals surface area contributed by atoms with E-state index in [0.717, 1.165) is 0 Å². The summed E-state index contributed by atoms with van der Waals surface area (Å²) in [5.41, 5.74) is 0.696. The van der Waals surface area contributed by atoms with Gasteiger partial charge in [0.25, 0.3) is 11.8 Å². The number of hydrogen-bond acceptors (Lipinski definition) is 5. The van der Waals surface area contributed by atoms with Gasteiger partial charge in [0.1, 0.15) is 6.67 Å². The highest BCUT2D eigenvalue weighted by molar-refractivity contribution is 6.07. The topological polar surface area (TPSA) is 112 Å². The summed E-state index contributed by atoms with van der Waals surface area (Å²) in [5, 5.41) is 17.4. The van der Waals surface area contributed by atoms with Crippen LogP contribution in [-0.4, -0.2) is 48.2 Å². The van der Waals surface area contributed by atoms with Gasteiger partial charge in [0.05, 0.1) is 5.69 Å². The largest absolute Gasteiger partial charge is 0.354 e. The van der Waals surface area contributed by atoms with Crippen LogP contribution in [0.3, 0.4) is 0 Å². The Kier molecular flexibility index (Phi) is 4.10. The third-order valence-corrected chi connectivity index (χ3v) is 3.24. The maximum absolute atomic E-state index is 12.3. The van der Waals surface area contributed by atoms with Gasteiger partial charge in [-0.2, -0.15) is 15.3 Å². The highest BCUT2D eigenvalue weighted by atomic mass is 16.2. The molecule has 0 radical (unpaired) electrons. The molecule has 2 amide bonds. The summed E-state index contributed by atoms with van der Waals surface area (Å²) in [7, 11) is 3.17. The summed E-state index contributed by atoms with van der Waals surface area (Å²) in [6, 6.07) is 3.40. The van der Waals surface area contributed by atoms with Crippen molar-refractivity contribution in [3.63, 3.8) is 0 Å². The lowest BCUT2D eigenvalue weighted by molar-refractivity contribution is 0.0958. The van der Waals surface area contributed by atoms with Crippen molar-refractivity contribution in [2.75, 3.05) is 12.4 Å². The fraction of sp³-hybridized carbons (Fsp3) is 0.214. The average molecular weight is 328 g/mol. The molecule has 0 aliphatic rings. The number of aryl methyl sites for hydroxylation is 1. The van der Waals surface area contributed by atoms with E-state index in [1.807, 2.05) is 0 Å². The van der Waals surface area contributed by atoms with Crippen LogP contribution >= 0.6 is 0 Å². The van der Waals surface area contributed by atoms with Gasteiger partial charge in [-0.15, -0.1) is 0 Å². The maximum Gasteiger partial charge on any atom is 0.276 e. The molecule has 10 heteroatoms. The van der Waals surface area contributed by atoms with Crippen LogP contribution in [0.4, 0.5) is 5.69 Å². The molecule has 0 aliphatic carbocycles. The van der Waals surface area contributed by atoms with E-state index in [2.05, 4.69) is 25.9 Å². The number of anilines is 1. The molecule has 3 aromatic rings. The monoisotopic (exact) mass is 328 g/mol. The SMILES string of the molecule is CNC(=O)c1nn(C)cc1NC(=O)c1ccn(Cn2cccn2)n1. The number of carbonyl (C=O) groups is 2. The summed E-state index contributed by atoms with van der Waals surface area (Å²) in [6.07, 6.45) is 6.70. The minimum absolute atomic E-state index is 0.143. The Labute approximate surface area is 137 Å². The van der Waals surface area contributed by atoms with E-state index >= 15 is 0 Å². The standard InChI is InChI=1S/C14H16N8O2/c1-15-14(24)12-11(8-20(2)19-12)17-13(23)10-4-7-22(18-10)9-21-6-3-5-16-21/h3-8H,9H2,1-2H3,(H,15,24)(H,17,23). The summed E-state index contributed by atoms with van der Waals surface area (Å²) < 4.78 is 4.72. The zero-order valence-electron chi connectivity index (χ0n) is 13.2. The molecule has 3 aromatic heterocycles. The molecule has 3 heterocycles. The summed E-state index contributed by atoms with van der Waals surface area (Å²) in [5.74, 6) is -0.803. The smallest absolute Gasteiger partial charge is 0.276 e. The molecule has 2 N–H and O–H groups in total. The number of aromatic nitrogens is 6. The predicted octanol–water partition coefficient (Wildman–Crippen LogP) is -0.0692. The summed E-state index contributed by atoms with van der Waals surface area (Å²) in [4.78, 5) is 24.1. The molecular formula is C14H16N8O2. The Morgan fingerprint density at radius 3 is 2.71 bits per heavy atom. The maximum atomic E-state index is 12.3. The second-order valence-electron chi connectivity index (χ2n) is 5.03. The number of nitrogens with zero attached hydrogens (tertiary/aromatic N) is 6. The Hall–Kier alpha value is -3.43. The van der Waals surface area contributed by atoms with Gasteiger partial charge in [0.2, 0.25) is 0 Å². The molecular weight excluding hydrogens is 312 g/mol. The molecule has 3 rings (SSSR count). The van der Waals surface area contributed by atoms with E-state index in [0.29, 0.717) is 12.4 Å². The van der Waals surface area contributed by atoms with Crippen molar-refractivity contribution in [3.8, 4) is 0 Å². The van der Waals surface area contributed by atoms with Crippen LogP contribution in [0, 0.1) is 0 Å². The molecule has 0 atom stereocenters. The Balaban J connectivity index is 1.74. The first-order valence-corrected chi connectivity index (χ1v) is 7.15. The van der Waals surface area contributed by atoms with Crippen molar-refractivity contribution < 1.29 is 9.59 Å². The van der Waals surface area contributed by atoms with Crippen molar-refractivity contribution >= 4 is 17.5 Å². The number of carbonyl (C=O) groups excluding carboxylic acids is 2. The average Bonchev–Trinajstić information content (AvgIpc) is 3.29. The Morgan fingerprint density at radius 2 is 2.00 bits per heavy atom. The van der Waals surface area contributed by atoms with Crippen LogP contribution in [0.1, 0.15) is 21.0 Å². The molecule has 0 bridgehead atoms. The van der Waals surface area contributed by atoms with Crippen molar-refractivity contribution in [1.82, 2.24) is 34.7 Å². The van der Waals surface area contributed by atoms with Crippen molar-refractivity contribution in [2.45, 2.75) is 6.67 Å². The minimum Gasteiger partial charge on any atom is -0.354 e. The normalized spacial score (nSPS) is 10.6. The molecule has 0 spiro atoms. The van der Waals surface area contributed by atoms with E-state index in [1.54, 1.807) is 53.3 Å². The van der Waals surface area contributed by atoms with E-state index in [9.17, 15) is 9.59 Å². The first-order chi connectivity index (χ1) is 11.6. The predicted molar refractivity (Wildman–Crippen MR) is 84.4 cm³/mol. The quantitative estimate of drug-likeness (QED) is 0.681. The van der Waals surface area contributed by atoms with Crippen LogP contribution in [0.5, 0.6) is 0 Å². The van der Waals surface area contributed by atoms with Gasteiger partial charge in [0.15, 0.2) is 11.4 Å². The second kappa shape index (κ2) is 6.36. The van der Waals surface area contributed by atoms with Crippen LogP contribution in [0.15, 0.2) is 36.9 Å². The molecule has 124 valence electrons. The molecule has 24 heavy (non-hydrogen) atoms. The molecule has 10 nitrogen and oxygen atoms in total. The molecule has 0 aromatic carbocycles. The first kappa shape index (κ1) is 15.5. The van der Waals surface area contributed by atoms with Crippen molar-refractivity contribution in [1.29, 1.82) is 0 Å². The van der Waals surface area contributed by atoms with Crippen molar-refractivity contribution in [3.05, 3.63) is 48.3 Å². The van der Waals surface area contributed by atoms with Crippen LogP contribution < -0.4 is 10.6 Å². The Morgan fingerprint density at radius 1 is 1.17 bits per heavy atom. The van der Waals surface area contributed by atoms with E-state index in [4.69, 9.17) is 0 Å². The number of amides is 2. The highest BCUT2D eigenvalue weighted by Crippen LogP contribution is 2.14. The second-order valence-corrected chi connectivity index (χ2v) is 5.03. The Bertz CT molecular complexity index is 861. The molecule has 0 saturated heterocycles. The minimum atomic E-state index is -0.424. The van der Waals surface area contributed by atoms with Crippen LogP contribution in [0.25, 0.3) is 0 Å². The molecule has 0 fully saturated rings. The number of nitrogens with one attached hydrogen (secondary N) is 2. The van der Waals surface area contributed by atoms with Gasteiger partial charge in [-0.3, -0.25) is 23.6 Å². The third-order valence-electron chi connectivity index (χ3n) is 3.24. The molecule has 0 saturated carbocycles. The van der Waals surface area contributed by atoms with E-state index in [1.165, 1.54) is 11.7 Å². The van der Waals surface area contributed by atoms with Gasteiger partial charge in [0, 0.05) is 38.9 Å². The lowest BCUT2D eigenvalue weighted by atomic mass is 10.3. The summed E-state index contributed by atoms with van der Waals surface area (Å²) in [6.45, 7) is 0.399. The van der Waals surface area contributed by atoms with Gasteiger partial charge in [-0.05, 0) is 12.1 Å². The van der Waals surface area contributed by atoms with Crippen LogP contribution in [-0.2, 0) is 13.7 Å². The molecule has 0 unspecified atom stereocenters. The molecule has 0 aliphatic heterocycles. The number of rotatable bonds is 5. The van der Waals surface area contributed by atoms with E-state index in [-0.39, 0.29) is 17.3 Å².